The van der Waals surface area contributed by atoms with E-state index in [-0.39, 0.29) is 27.8 Å². The van der Waals surface area contributed by atoms with Crippen LogP contribution in [-0.4, -0.2) is 42.7 Å². The van der Waals surface area contributed by atoms with Crippen molar-refractivity contribution in [2.45, 2.75) is 45.4 Å². The number of nitrogens with zero attached hydrogens (tertiary/aromatic N) is 2. The third-order valence-corrected chi connectivity index (χ3v) is 7.54. The van der Waals surface area contributed by atoms with Gasteiger partial charge in [-0.05, 0) is 51.7 Å². The largest absolute Gasteiger partial charge is 0.350 e. The average molecular weight is 432 g/mol. The monoisotopic (exact) mass is 431 g/mol. The van der Waals surface area contributed by atoms with E-state index in [0.29, 0.717) is 36.0 Å². The smallest absolute Gasteiger partial charge is 0.264 e. The van der Waals surface area contributed by atoms with Crippen LogP contribution in [-0.2, 0) is 17.1 Å². The first kappa shape index (κ1) is 22.1. The van der Waals surface area contributed by atoms with E-state index in [4.69, 9.17) is 0 Å². The molecule has 162 valence electrons. The molecule has 8 heteroatoms. The molecule has 0 spiro atoms. The number of rotatable bonds is 5. The lowest BCUT2D eigenvalue weighted by Crippen LogP contribution is -2.38. The predicted molar refractivity (Wildman–Crippen MR) is 116 cm³/mol. The fourth-order valence-corrected chi connectivity index (χ4v) is 5.44. The number of amides is 1. The summed E-state index contributed by atoms with van der Waals surface area (Å²) in [6.45, 7) is 8.30. The maximum atomic E-state index is 13.3. The van der Waals surface area contributed by atoms with Crippen molar-refractivity contribution in [1.82, 2.24) is 9.47 Å². The number of hydrogen-bond donors (Lipinski definition) is 1. The van der Waals surface area contributed by atoms with Crippen LogP contribution >= 0.6 is 0 Å². The second kappa shape index (κ2) is 8.26. The molecule has 7 nitrogen and oxygen atoms in total. The Morgan fingerprint density at radius 2 is 1.73 bits per heavy atom. The number of nitrogens with one attached hydrogen (secondary N) is 1. The Labute approximate surface area is 178 Å². The van der Waals surface area contributed by atoms with Crippen LogP contribution in [0.15, 0.2) is 29.2 Å². The van der Waals surface area contributed by atoms with E-state index in [2.05, 4.69) is 11.6 Å². The van der Waals surface area contributed by atoms with E-state index in [9.17, 15) is 18.0 Å². The second-order valence-electron chi connectivity index (χ2n) is 8.15. The van der Waals surface area contributed by atoms with Gasteiger partial charge in [0.2, 0.25) is 0 Å². The highest BCUT2D eigenvalue weighted by atomic mass is 32.2. The summed E-state index contributed by atoms with van der Waals surface area (Å²) in [5.74, 6) is 0.157. The van der Waals surface area contributed by atoms with Crippen LogP contribution in [0.2, 0.25) is 0 Å². The molecule has 1 aromatic carbocycles. The Morgan fingerprint density at radius 1 is 1.10 bits per heavy atom. The number of sulfonamides is 1. The number of hydrogen-bond acceptors (Lipinski definition) is 4. The molecule has 1 fully saturated rings. The molecule has 0 bridgehead atoms. The van der Waals surface area contributed by atoms with Crippen molar-refractivity contribution in [3.05, 3.63) is 46.8 Å². The number of piperidine rings is 1. The molecule has 0 atom stereocenters. The lowest BCUT2D eigenvalue weighted by molar-refractivity contribution is 0.0692. The van der Waals surface area contributed by atoms with Crippen LogP contribution in [0.25, 0.3) is 0 Å². The quantitative estimate of drug-likeness (QED) is 0.734. The zero-order valence-electron chi connectivity index (χ0n) is 18.2. The van der Waals surface area contributed by atoms with Gasteiger partial charge >= 0.3 is 0 Å². The summed E-state index contributed by atoms with van der Waals surface area (Å²) in [5, 5.41) is 0. The normalized spacial score (nSPS) is 15.3. The molecule has 1 aliphatic rings. The number of carbonyl (C=O) groups excluding carboxylic acids is 2. The van der Waals surface area contributed by atoms with Gasteiger partial charge in [0.25, 0.3) is 15.9 Å². The van der Waals surface area contributed by atoms with Crippen molar-refractivity contribution >= 4 is 27.4 Å². The minimum absolute atomic E-state index is 0.000602. The number of ketones is 1. The van der Waals surface area contributed by atoms with Gasteiger partial charge in [-0.2, -0.15) is 0 Å². The fraction of sp³-hybridized carbons (Fsp3) is 0.455. The Bertz CT molecular complexity index is 1090. The van der Waals surface area contributed by atoms with E-state index >= 15 is 0 Å². The molecule has 1 saturated heterocycles. The summed E-state index contributed by atoms with van der Waals surface area (Å²) in [6, 6.07) is 6.34. The molecule has 0 saturated carbocycles. The van der Waals surface area contributed by atoms with Crippen molar-refractivity contribution in [2.24, 2.45) is 13.0 Å². The van der Waals surface area contributed by atoms with Crippen LogP contribution in [0, 0.1) is 19.8 Å². The molecule has 0 aliphatic carbocycles. The molecule has 0 unspecified atom stereocenters. The van der Waals surface area contributed by atoms with Crippen LogP contribution in [0.4, 0.5) is 5.69 Å². The number of benzene rings is 1. The van der Waals surface area contributed by atoms with Gasteiger partial charge in [0.1, 0.15) is 4.90 Å². The lowest BCUT2D eigenvalue weighted by Gasteiger charge is -2.30. The molecule has 3 rings (SSSR count). The van der Waals surface area contributed by atoms with Crippen molar-refractivity contribution < 1.29 is 18.0 Å². The number of likely N-dealkylation sites (tertiary alicyclic amines) is 1. The summed E-state index contributed by atoms with van der Waals surface area (Å²) in [5.41, 5.74) is 2.04. The van der Waals surface area contributed by atoms with E-state index in [1.165, 1.54) is 13.0 Å². The van der Waals surface area contributed by atoms with Gasteiger partial charge in [-0.25, -0.2) is 8.42 Å². The third-order valence-electron chi connectivity index (χ3n) is 6.00. The first-order valence-electron chi connectivity index (χ1n) is 10.1. The van der Waals surface area contributed by atoms with Gasteiger partial charge in [0.15, 0.2) is 5.78 Å². The van der Waals surface area contributed by atoms with Gasteiger partial charge < -0.3 is 9.47 Å². The van der Waals surface area contributed by atoms with Crippen molar-refractivity contribution in [3.63, 3.8) is 0 Å². The predicted octanol–water partition coefficient (Wildman–Crippen LogP) is 3.52. The number of Topliss-reactive ketones (excluding diaryl/α,β-unsaturated/α-hetero) is 1. The Balaban J connectivity index is 2.02. The zero-order chi connectivity index (χ0) is 22.2. The number of carbonyl (C=O) groups is 2. The highest BCUT2D eigenvalue weighted by molar-refractivity contribution is 7.92. The topological polar surface area (TPSA) is 88.5 Å². The van der Waals surface area contributed by atoms with Gasteiger partial charge in [0.05, 0.1) is 5.56 Å². The lowest BCUT2D eigenvalue weighted by atomic mass is 9.98. The summed E-state index contributed by atoms with van der Waals surface area (Å²) < 4.78 is 31.0. The zero-order valence-corrected chi connectivity index (χ0v) is 19.0. The van der Waals surface area contributed by atoms with Gasteiger partial charge in [0, 0.05) is 42.8 Å². The van der Waals surface area contributed by atoms with Crippen molar-refractivity contribution in [3.8, 4) is 0 Å². The molecule has 0 radical (unpaired) electrons. The van der Waals surface area contributed by atoms with Crippen LogP contribution in [0.3, 0.4) is 0 Å². The van der Waals surface area contributed by atoms with Gasteiger partial charge in [-0.15, -0.1) is 0 Å². The van der Waals surface area contributed by atoms with Crippen molar-refractivity contribution in [2.75, 3.05) is 17.8 Å². The highest BCUT2D eigenvalue weighted by Gasteiger charge is 2.34. The number of anilines is 1. The maximum absolute atomic E-state index is 13.3. The third kappa shape index (κ3) is 4.14. The molecule has 1 N–H and O–H groups in total. The minimum Gasteiger partial charge on any atom is -0.350 e. The molecule has 1 amide bonds. The Kier molecular flexibility index (Phi) is 6.08. The maximum Gasteiger partial charge on any atom is 0.264 e. The molecule has 2 aromatic rings. The van der Waals surface area contributed by atoms with E-state index in [0.717, 1.165) is 12.8 Å². The van der Waals surface area contributed by atoms with Crippen molar-refractivity contribution in [1.29, 1.82) is 0 Å². The SMILES string of the molecule is CC(=O)c1cccc(NS(=O)(=O)c2c(C(=O)N3CCC(C)CC3)c(C)n(C)c2C)c1. The average Bonchev–Trinajstić information content (AvgIpc) is 2.92. The summed E-state index contributed by atoms with van der Waals surface area (Å²) >= 11 is 0. The van der Waals surface area contributed by atoms with Crippen LogP contribution < -0.4 is 4.72 Å². The van der Waals surface area contributed by atoms with E-state index in [1.54, 1.807) is 48.6 Å². The molecule has 1 aromatic heterocycles. The van der Waals surface area contributed by atoms with Gasteiger partial charge in [-0.3, -0.25) is 14.3 Å². The first-order valence-corrected chi connectivity index (χ1v) is 11.6. The standard InChI is InChI=1S/C22H29N3O4S/c1-14-9-11-25(12-10-14)22(27)20-15(2)24(5)16(3)21(20)30(28,29)23-19-8-6-7-18(13-19)17(4)26/h6-8,13-14,23H,9-12H2,1-5H3. The molecular weight excluding hydrogens is 402 g/mol. The van der Waals surface area contributed by atoms with E-state index < -0.39 is 10.0 Å². The van der Waals surface area contributed by atoms with E-state index in [1.807, 2.05) is 0 Å². The Morgan fingerprint density at radius 3 is 2.33 bits per heavy atom. The molecular formula is C22H29N3O4S. The first-order chi connectivity index (χ1) is 14.0. The molecule has 30 heavy (non-hydrogen) atoms. The fourth-order valence-electron chi connectivity index (χ4n) is 3.88. The summed E-state index contributed by atoms with van der Waals surface area (Å²) in [7, 11) is -2.28. The van der Waals surface area contributed by atoms with Crippen LogP contribution in [0.5, 0.6) is 0 Å². The Hall–Kier alpha value is -2.61. The highest BCUT2D eigenvalue weighted by Crippen LogP contribution is 2.30. The number of aromatic nitrogens is 1. The minimum atomic E-state index is -4.04. The summed E-state index contributed by atoms with van der Waals surface area (Å²) in [6.07, 6.45) is 1.82. The second-order valence-corrected chi connectivity index (χ2v) is 9.77. The summed E-state index contributed by atoms with van der Waals surface area (Å²) in [4.78, 5) is 26.7. The molecule has 1 aliphatic heterocycles. The van der Waals surface area contributed by atoms with Crippen LogP contribution in [0.1, 0.15) is 58.8 Å². The van der Waals surface area contributed by atoms with Gasteiger partial charge in [-0.1, -0.05) is 19.1 Å². The molecule has 2 heterocycles.